The van der Waals surface area contributed by atoms with Crippen molar-refractivity contribution in [1.29, 1.82) is 5.41 Å². The number of hydrogen-bond acceptors (Lipinski definition) is 6. The summed E-state index contributed by atoms with van der Waals surface area (Å²) < 4.78 is 5.46. The number of guanidine groups is 1. The third-order valence-electron chi connectivity index (χ3n) is 5.34. The van der Waals surface area contributed by atoms with Crippen LogP contribution in [-0.2, 0) is 5.41 Å². The molecule has 30 heavy (non-hydrogen) atoms. The number of pyridine rings is 1. The Morgan fingerprint density at radius 1 is 1.27 bits per heavy atom. The summed E-state index contributed by atoms with van der Waals surface area (Å²) in [6.45, 7) is 7.95. The maximum atomic E-state index is 7.55. The van der Waals surface area contributed by atoms with E-state index in [1.807, 2.05) is 29.2 Å². The van der Waals surface area contributed by atoms with E-state index < -0.39 is 0 Å². The molecule has 8 heteroatoms. The van der Waals surface area contributed by atoms with Crippen LogP contribution in [0.5, 0.6) is 0 Å². The van der Waals surface area contributed by atoms with Gasteiger partial charge in [-0.25, -0.2) is 4.98 Å². The predicted octanol–water partition coefficient (Wildman–Crippen LogP) is 3.86. The lowest BCUT2D eigenvalue weighted by atomic mass is 9.87. The van der Waals surface area contributed by atoms with E-state index in [0.717, 1.165) is 30.0 Å². The molecule has 3 heterocycles. The number of rotatable bonds is 4. The smallest absolute Gasteiger partial charge is 0.231 e. The zero-order valence-electron chi connectivity index (χ0n) is 17.5. The molecule has 0 amide bonds. The van der Waals surface area contributed by atoms with E-state index in [1.165, 1.54) is 5.56 Å². The maximum absolute atomic E-state index is 7.55. The van der Waals surface area contributed by atoms with Crippen molar-refractivity contribution >= 4 is 17.5 Å². The van der Waals surface area contributed by atoms with E-state index in [1.54, 1.807) is 6.20 Å². The van der Waals surface area contributed by atoms with Crippen molar-refractivity contribution in [3.63, 3.8) is 0 Å². The summed E-state index contributed by atoms with van der Waals surface area (Å²) in [5, 5.41) is 15.0. The van der Waals surface area contributed by atoms with Crippen LogP contribution in [0.1, 0.15) is 44.6 Å². The summed E-state index contributed by atoms with van der Waals surface area (Å²) in [7, 11) is 0. The van der Waals surface area contributed by atoms with Crippen molar-refractivity contribution < 1.29 is 4.52 Å². The molecule has 1 atom stereocenters. The molecule has 0 aliphatic carbocycles. The van der Waals surface area contributed by atoms with E-state index in [2.05, 4.69) is 53.3 Å². The SMILES string of the molecule is CC(C)(C)c1cccc(Nc2ccc(-c3noc([C@@H]4CCN(C(=N)N)C4)n3)cn2)c1. The zero-order valence-corrected chi connectivity index (χ0v) is 17.5. The Hall–Kier alpha value is -3.42. The highest BCUT2D eigenvalue weighted by Crippen LogP contribution is 2.28. The lowest BCUT2D eigenvalue weighted by Gasteiger charge is -2.20. The van der Waals surface area contributed by atoms with Gasteiger partial charge in [0.1, 0.15) is 5.82 Å². The Morgan fingerprint density at radius 2 is 2.10 bits per heavy atom. The number of anilines is 2. The average Bonchev–Trinajstić information content (AvgIpc) is 3.38. The first-order valence-corrected chi connectivity index (χ1v) is 10.1. The molecule has 1 saturated heterocycles. The molecule has 0 radical (unpaired) electrons. The van der Waals surface area contributed by atoms with Crippen LogP contribution in [0, 0.1) is 5.41 Å². The number of nitrogens with zero attached hydrogens (tertiary/aromatic N) is 4. The number of aromatic nitrogens is 3. The summed E-state index contributed by atoms with van der Waals surface area (Å²) in [5.41, 5.74) is 8.71. The van der Waals surface area contributed by atoms with Crippen LogP contribution in [0.4, 0.5) is 11.5 Å². The van der Waals surface area contributed by atoms with Crippen LogP contribution in [0.3, 0.4) is 0 Å². The summed E-state index contributed by atoms with van der Waals surface area (Å²) in [5.74, 6) is 2.02. The molecule has 0 bridgehead atoms. The Balaban J connectivity index is 1.45. The van der Waals surface area contributed by atoms with Crippen molar-refractivity contribution in [3.05, 3.63) is 54.0 Å². The number of hydrogen-bond donors (Lipinski definition) is 3. The Labute approximate surface area is 176 Å². The van der Waals surface area contributed by atoms with Crippen molar-refractivity contribution in [3.8, 4) is 11.4 Å². The molecule has 4 N–H and O–H groups in total. The highest BCUT2D eigenvalue weighted by atomic mass is 16.5. The van der Waals surface area contributed by atoms with Gasteiger partial charge in [0.05, 0.1) is 5.92 Å². The minimum absolute atomic E-state index is 0.0811. The Morgan fingerprint density at radius 3 is 2.77 bits per heavy atom. The molecular weight excluding hydrogens is 378 g/mol. The normalized spacial score (nSPS) is 16.6. The zero-order chi connectivity index (χ0) is 21.3. The molecule has 1 aliphatic rings. The molecule has 3 aromatic rings. The first-order valence-electron chi connectivity index (χ1n) is 10.1. The Bertz CT molecular complexity index is 1040. The number of likely N-dealkylation sites (tertiary alicyclic amines) is 1. The molecule has 156 valence electrons. The van der Waals surface area contributed by atoms with Gasteiger partial charge in [0, 0.05) is 30.5 Å². The van der Waals surface area contributed by atoms with Crippen molar-refractivity contribution in [2.45, 2.75) is 38.5 Å². The van der Waals surface area contributed by atoms with E-state index in [4.69, 9.17) is 15.7 Å². The summed E-state index contributed by atoms with van der Waals surface area (Å²) >= 11 is 0. The molecule has 0 saturated carbocycles. The molecule has 1 fully saturated rings. The standard InChI is InChI=1S/C22H27N7O/c1-22(2,3)16-5-4-6-17(11-16)26-18-8-7-14(12-25-18)19-27-20(30-28-19)15-9-10-29(13-15)21(23)24/h4-8,11-12,15H,9-10,13H2,1-3H3,(H3,23,24)(H,25,26)/t15-/m1/s1. The fourth-order valence-electron chi connectivity index (χ4n) is 3.51. The van der Waals surface area contributed by atoms with Crippen molar-refractivity contribution in [1.82, 2.24) is 20.0 Å². The predicted molar refractivity (Wildman–Crippen MR) is 117 cm³/mol. The number of nitrogens with two attached hydrogens (primary N) is 1. The summed E-state index contributed by atoms with van der Waals surface area (Å²) in [4.78, 5) is 10.8. The highest BCUT2D eigenvalue weighted by molar-refractivity contribution is 5.75. The average molecular weight is 406 g/mol. The van der Waals surface area contributed by atoms with Gasteiger partial charge in [-0.1, -0.05) is 38.1 Å². The van der Waals surface area contributed by atoms with Crippen LogP contribution in [0.2, 0.25) is 0 Å². The van der Waals surface area contributed by atoms with Gasteiger partial charge in [-0.2, -0.15) is 4.98 Å². The molecule has 2 aromatic heterocycles. The van der Waals surface area contributed by atoms with Gasteiger partial charge >= 0.3 is 0 Å². The summed E-state index contributed by atoms with van der Waals surface area (Å²) in [6, 6.07) is 12.2. The van der Waals surface area contributed by atoms with E-state index >= 15 is 0 Å². The van der Waals surface area contributed by atoms with Crippen molar-refractivity contribution in [2.24, 2.45) is 5.73 Å². The van der Waals surface area contributed by atoms with Crippen LogP contribution < -0.4 is 11.1 Å². The van der Waals surface area contributed by atoms with Crippen LogP contribution in [0.25, 0.3) is 11.4 Å². The first-order chi connectivity index (χ1) is 14.3. The lowest BCUT2D eigenvalue weighted by molar-refractivity contribution is 0.354. The van der Waals surface area contributed by atoms with Crippen molar-refractivity contribution in [2.75, 3.05) is 18.4 Å². The Kier molecular flexibility index (Phi) is 5.15. The largest absolute Gasteiger partial charge is 0.370 e. The van der Waals surface area contributed by atoms with Gasteiger partial charge in [0.2, 0.25) is 11.7 Å². The minimum Gasteiger partial charge on any atom is -0.370 e. The van der Waals surface area contributed by atoms with E-state index in [0.29, 0.717) is 18.3 Å². The highest BCUT2D eigenvalue weighted by Gasteiger charge is 2.29. The maximum Gasteiger partial charge on any atom is 0.231 e. The molecule has 0 unspecified atom stereocenters. The molecule has 0 spiro atoms. The number of benzene rings is 1. The van der Waals surface area contributed by atoms with E-state index in [9.17, 15) is 0 Å². The molecule has 8 nitrogen and oxygen atoms in total. The topological polar surface area (TPSA) is 117 Å². The van der Waals surface area contributed by atoms with Crippen LogP contribution in [-0.4, -0.2) is 39.1 Å². The second-order valence-electron chi connectivity index (χ2n) is 8.66. The molecule has 1 aromatic carbocycles. The summed E-state index contributed by atoms with van der Waals surface area (Å²) in [6.07, 6.45) is 2.58. The fourth-order valence-corrected chi connectivity index (χ4v) is 3.51. The quantitative estimate of drug-likeness (QED) is 0.446. The fraction of sp³-hybridized carbons (Fsp3) is 0.364. The number of nitrogens with one attached hydrogen (secondary N) is 2. The van der Waals surface area contributed by atoms with Gasteiger partial charge in [-0.15, -0.1) is 0 Å². The van der Waals surface area contributed by atoms with Gasteiger partial charge in [0.25, 0.3) is 0 Å². The second kappa shape index (κ2) is 7.78. The minimum atomic E-state index is 0.0811. The third kappa shape index (κ3) is 4.27. The van der Waals surface area contributed by atoms with Gasteiger partial charge in [-0.3, -0.25) is 5.41 Å². The molecular formula is C22H27N7O. The third-order valence-corrected chi connectivity index (χ3v) is 5.34. The van der Waals surface area contributed by atoms with E-state index in [-0.39, 0.29) is 17.3 Å². The van der Waals surface area contributed by atoms with Gasteiger partial charge in [0.15, 0.2) is 5.96 Å². The lowest BCUT2D eigenvalue weighted by Crippen LogP contribution is -2.34. The van der Waals surface area contributed by atoms with Gasteiger partial charge < -0.3 is 20.5 Å². The molecule has 4 rings (SSSR count). The van der Waals surface area contributed by atoms with Crippen LogP contribution >= 0.6 is 0 Å². The van der Waals surface area contributed by atoms with Crippen LogP contribution in [0.15, 0.2) is 47.1 Å². The second-order valence-corrected chi connectivity index (χ2v) is 8.66. The van der Waals surface area contributed by atoms with Gasteiger partial charge in [-0.05, 0) is 41.7 Å². The molecule has 1 aliphatic heterocycles. The monoisotopic (exact) mass is 405 g/mol. The first kappa shape index (κ1) is 19.9.